The molecule has 0 saturated carbocycles. The number of amides is 1. The van der Waals surface area contributed by atoms with Gasteiger partial charge < -0.3 is 10.6 Å². The molecule has 0 aromatic heterocycles. The van der Waals surface area contributed by atoms with Crippen LogP contribution < -0.4 is 5.73 Å². The van der Waals surface area contributed by atoms with E-state index in [-0.39, 0.29) is 9.83 Å². The van der Waals surface area contributed by atoms with E-state index in [9.17, 15) is 4.79 Å². The Morgan fingerprint density at radius 2 is 2.44 bits per heavy atom. The number of nitrogens with zero attached hydrogens (tertiary/aromatic N) is 1. The molecule has 0 aromatic rings. The number of carbonyl (C=O) groups excluding carboxylic acids is 1. The molecule has 1 atom stereocenters. The lowest BCUT2D eigenvalue weighted by molar-refractivity contribution is -0.117. The second-order valence-electron chi connectivity index (χ2n) is 3.68. The number of primary amides is 1. The van der Waals surface area contributed by atoms with Gasteiger partial charge in [-0.05, 0) is 25.0 Å². The van der Waals surface area contributed by atoms with Crippen LogP contribution in [-0.2, 0) is 4.79 Å². The van der Waals surface area contributed by atoms with Gasteiger partial charge in [-0.25, -0.2) is 0 Å². The smallest absolute Gasteiger partial charge is 0.232 e. The molecule has 0 fully saturated rings. The molecule has 1 aliphatic heterocycles. The summed E-state index contributed by atoms with van der Waals surface area (Å²) in [7, 11) is 0. The van der Waals surface area contributed by atoms with E-state index < -0.39 is 0 Å². The van der Waals surface area contributed by atoms with Gasteiger partial charge in [0.05, 0.1) is 0 Å². The first kappa shape index (κ1) is 13.3. The molecule has 16 heavy (non-hydrogen) atoms. The van der Waals surface area contributed by atoms with Crippen molar-refractivity contribution in [2.24, 2.45) is 5.73 Å². The monoisotopic (exact) mass is 332 g/mol. The first-order valence-electron chi connectivity index (χ1n) is 5.26. The molecule has 0 unspecified atom stereocenters. The Hall–Kier alpha value is -0.780. The SMILES string of the molecule is C=CC1=C(/C=C\C)N(C[C@H](I)C(N)=O)CC1. The molecule has 0 radical (unpaired) electrons. The van der Waals surface area contributed by atoms with Gasteiger partial charge >= 0.3 is 0 Å². The standard InChI is InChI=1S/C12H17IN2O/c1-3-5-11-9(4-2)6-7-15(11)8-10(13)12(14)16/h3-5,10H,2,6-8H2,1H3,(H2,14,16)/b5-3-/t10-/m0/s1. The summed E-state index contributed by atoms with van der Waals surface area (Å²) in [5, 5.41) is 0. The van der Waals surface area contributed by atoms with Crippen LogP contribution in [0, 0.1) is 0 Å². The average molecular weight is 332 g/mol. The molecule has 4 heteroatoms. The van der Waals surface area contributed by atoms with Gasteiger partial charge in [0.25, 0.3) is 0 Å². The molecule has 1 aliphatic rings. The van der Waals surface area contributed by atoms with Crippen LogP contribution in [0.15, 0.2) is 36.1 Å². The zero-order valence-corrected chi connectivity index (χ0v) is 11.6. The summed E-state index contributed by atoms with van der Waals surface area (Å²) < 4.78 is -0.151. The van der Waals surface area contributed by atoms with Crippen molar-refractivity contribution in [3.05, 3.63) is 36.1 Å². The Balaban J connectivity index is 2.79. The first-order chi connectivity index (χ1) is 7.60. The van der Waals surface area contributed by atoms with E-state index in [0.717, 1.165) is 13.0 Å². The maximum absolute atomic E-state index is 11.0. The van der Waals surface area contributed by atoms with Gasteiger partial charge in [0.2, 0.25) is 5.91 Å². The van der Waals surface area contributed by atoms with Gasteiger partial charge in [0, 0.05) is 18.8 Å². The van der Waals surface area contributed by atoms with E-state index in [0.29, 0.717) is 6.54 Å². The molecule has 2 N–H and O–H groups in total. The Morgan fingerprint density at radius 1 is 1.75 bits per heavy atom. The van der Waals surface area contributed by atoms with Gasteiger partial charge in [-0.15, -0.1) is 0 Å². The number of halogens is 1. The third kappa shape index (κ3) is 3.10. The molecule has 1 amide bonds. The summed E-state index contributed by atoms with van der Waals surface area (Å²) in [6.07, 6.45) is 6.95. The fourth-order valence-corrected chi connectivity index (χ4v) is 2.23. The maximum atomic E-state index is 11.0. The van der Waals surface area contributed by atoms with Crippen LogP contribution in [0.2, 0.25) is 0 Å². The fourth-order valence-electron chi connectivity index (χ4n) is 1.76. The topological polar surface area (TPSA) is 46.3 Å². The van der Waals surface area contributed by atoms with Crippen molar-refractivity contribution >= 4 is 28.5 Å². The van der Waals surface area contributed by atoms with E-state index in [4.69, 9.17) is 5.73 Å². The third-order valence-corrected chi connectivity index (χ3v) is 3.59. The highest BCUT2D eigenvalue weighted by Gasteiger charge is 2.22. The Bertz CT molecular complexity index is 347. The van der Waals surface area contributed by atoms with Crippen LogP contribution in [0.3, 0.4) is 0 Å². The van der Waals surface area contributed by atoms with Crippen molar-refractivity contribution in [2.75, 3.05) is 13.1 Å². The minimum absolute atomic E-state index is 0.151. The summed E-state index contributed by atoms with van der Waals surface area (Å²) in [6.45, 7) is 7.41. The summed E-state index contributed by atoms with van der Waals surface area (Å²) in [6, 6.07) is 0. The number of rotatable bonds is 5. The molecular weight excluding hydrogens is 315 g/mol. The van der Waals surface area contributed by atoms with Crippen LogP contribution in [-0.4, -0.2) is 27.8 Å². The number of allylic oxidation sites excluding steroid dienone is 3. The van der Waals surface area contributed by atoms with Crippen molar-refractivity contribution in [3.63, 3.8) is 0 Å². The molecule has 0 bridgehead atoms. The van der Waals surface area contributed by atoms with E-state index >= 15 is 0 Å². The minimum Gasteiger partial charge on any atom is -0.369 e. The second kappa shape index (κ2) is 6.08. The van der Waals surface area contributed by atoms with Crippen molar-refractivity contribution in [3.8, 4) is 0 Å². The van der Waals surface area contributed by atoms with Gasteiger partial charge in [0.15, 0.2) is 0 Å². The minimum atomic E-state index is -0.257. The molecule has 0 saturated heterocycles. The van der Waals surface area contributed by atoms with Crippen molar-refractivity contribution in [1.29, 1.82) is 0 Å². The Labute approximate surface area is 110 Å². The molecule has 0 aromatic carbocycles. The van der Waals surface area contributed by atoms with E-state index in [1.807, 2.05) is 19.1 Å². The Morgan fingerprint density at radius 3 is 2.94 bits per heavy atom. The molecular formula is C12H17IN2O. The highest BCUT2D eigenvalue weighted by molar-refractivity contribution is 14.1. The van der Waals surface area contributed by atoms with Crippen LogP contribution in [0.5, 0.6) is 0 Å². The molecule has 88 valence electrons. The molecule has 1 rings (SSSR count). The number of alkyl halides is 1. The fraction of sp³-hybridized carbons (Fsp3) is 0.417. The van der Waals surface area contributed by atoms with Crippen molar-refractivity contribution in [2.45, 2.75) is 17.3 Å². The predicted octanol–water partition coefficient (Wildman–Crippen LogP) is 2.00. The normalized spacial score (nSPS) is 18.2. The summed E-state index contributed by atoms with van der Waals surface area (Å²) in [5.41, 5.74) is 7.68. The Kier molecular flexibility index (Phi) is 5.05. The lowest BCUT2D eigenvalue weighted by atomic mass is 10.2. The summed E-state index contributed by atoms with van der Waals surface area (Å²) in [5.74, 6) is -0.257. The lowest BCUT2D eigenvalue weighted by Crippen LogP contribution is -2.34. The van der Waals surface area contributed by atoms with Crippen LogP contribution in [0.4, 0.5) is 0 Å². The van der Waals surface area contributed by atoms with Crippen molar-refractivity contribution < 1.29 is 4.79 Å². The van der Waals surface area contributed by atoms with Gasteiger partial charge in [-0.1, -0.05) is 41.3 Å². The highest BCUT2D eigenvalue weighted by atomic mass is 127. The quantitative estimate of drug-likeness (QED) is 0.618. The van der Waals surface area contributed by atoms with Crippen LogP contribution in [0.25, 0.3) is 0 Å². The van der Waals surface area contributed by atoms with Gasteiger partial charge in [-0.3, -0.25) is 4.79 Å². The second-order valence-corrected chi connectivity index (χ2v) is 5.18. The number of hydrogen-bond donors (Lipinski definition) is 1. The van der Waals surface area contributed by atoms with E-state index in [1.165, 1.54) is 11.3 Å². The van der Waals surface area contributed by atoms with Crippen molar-refractivity contribution in [1.82, 2.24) is 4.90 Å². The molecule has 1 heterocycles. The zero-order chi connectivity index (χ0) is 12.1. The summed E-state index contributed by atoms with van der Waals surface area (Å²) in [4.78, 5) is 13.2. The predicted molar refractivity (Wildman–Crippen MR) is 75.2 cm³/mol. The third-order valence-electron chi connectivity index (χ3n) is 2.58. The largest absolute Gasteiger partial charge is 0.369 e. The number of carbonyl (C=O) groups is 1. The highest BCUT2D eigenvalue weighted by Crippen LogP contribution is 2.25. The lowest BCUT2D eigenvalue weighted by Gasteiger charge is -2.22. The molecule has 0 aliphatic carbocycles. The number of nitrogens with two attached hydrogens (primary N) is 1. The maximum Gasteiger partial charge on any atom is 0.232 e. The molecule has 3 nitrogen and oxygen atoms in total. The summed E-state index contributed by atoms with van der Waals surface area (Å²) >= 11 is 2.09. The van der Waals surface area contributed by atoms with Gasteiger partial charge in [-0.2, -0.15) is 0 Å². The van der Waals surface area contributed by atoms with E-state index in [2.05, 4.69) is 40.1 Å². The zero-order valence-electron chi connectivity index (χ0n) is 9.45. The number of hydrogen-bond acceptors (Lipinski definition) is 2. The van der Waals surface area contributed by atoms with Crippen LogP contribution in [0.1, 0.15) is 13.3 Å². The first-order valence-corrected chi connectivity index (χ1v) is 6.51. The van der Waals surface area contributed by atoms with Crippen LogP contribution >= 0.6 is 22.6 Å². The molecule has 0 spiro atoms. The van der Waals surface area contributed by atoms with E-state index in [1.54, 1.807) is 0 Å². The average Bonchev–Trinajstić information content (AvgIpc) is 2.61. The van der Waals surface area contributed by atoms with Gasteiger partial charge in [0.1, 0.15) is 3.92 Å².